The fraction of sp³-hybridized carbons (Fsp3) is 0.536. The summed E-state index contributed by atoms with van der Waals surface area (Å²) in [6.07, 6.45) is -10.2. The minimum Gasteiger partial charge on any atom is -0.505 e. The largest absolute Gasteiger partial charge is 0.505 e. The molecule has 0 aromatic heterocycles. The Kier molecular flexibility index (Phi) is 10.0. The zero-order chi connectivity index (χ0) is 30.7. The van der Waals surface area contributed by atoms with Gasteiger partial charge >= 0.3 is 12.4 Å². The second kappa shape index (κ2) is 13.1. The summed E-state index contributed by atoms with van der Waals surface area (Å²) in [5, 5.41) is 9.83. The fourth-order valence-corrected chi connectivity index (χ4v) is 5.32. The van der Waals surface area contributed by atoms with Crippen molar-refractivity contribution in [2.24, 2.45) is 0 Å². The van der Waals surface area contributed by atoms with Crippen molar-refractivity contribution in [3.05, 3.63) is 64.5 Å². The number of phenolic OH excluding ortho intramolecular Hbond substituents is 1. The standard InChI is InChI=1S/C28H32F7N3O4/c1-41-17-23-16-37(8-9-42-23)5-4-36-6-7-38(22(15-36)10-18-2-3-24(29)25(39)11-18)26(40)19-12-20(27(30,31)32)14-21(13-19)28(33,34)35/h2-3,11-14,22-23,39H,4-10,15-17H2,1H3/t22?,23-/m0/s1. The molecule has 14 heteroatoms. The maximum atomic E-state index is 13.7. The Balaban J connectivity index is 1.56. The molecule has 0 saturated carbocycles. The highest BCUT2D eigenvalue weighted by Crippen LogP contribution is 2.37. The molecule has 7 nitrogen and oxygen atoms in total. The lowest BCUT2D eigenvalue weighted by atomic mass is 9.99. The second-order valence-corrected chi connectivity index (χ2v) is 10.5. The molecule has 2 saturated heterocycles. The molecular formula is C28H32F7N3O4. The van der Waals surface area contributed by atoms with E-state index in [2.05, 4.69) is 9.80 Å². The fourth-order valence-electron chi connectivity index (χ4n) is 5.32. The summed E-state index contributed by atoms with van der Waals surface area (Å²) in [7, 11) is 1.59. The van der Waals surface area contributed by atoms with Gasteiger partial charge in [-0.1, -0.05) is 6.07 Å². The van der Waals surface area contributed by atoms with Crippen LogP contribution in [-0.2, 0) is 28.2 Å². The third-order valence-electron chi connectivity index (χ3n) is 7.45. The van der Waals surface area contributed by atoms with Gasteiger partial charge in [0.2, 0.25) is 0 Å². The summed E-state index contributed by atoms with van der Waals surface area (Å²) in [5.41, 5.74) is -3.42. The van der Waals surface area contributed by atoms with E-state index in [0.717, 1.165) is 6.07 Å². The first-order valence-corrected chi connectivity index (χ1v) is 13.4. The summed E-state index contributed by atoms with van der Waals surface area (Å²) in [6.45, 7) is 4.30. The van der Waals surface area contributed by atoms with Crippen LogP contribution in [0.3, 0.4) is 0 Å². The molecule has 0 aliphatic carbocycles. The van der Waals surface area contributed by atoms with Crippen molar-refractivity contribution >= 4 is 5.91 Å². The molecule has 4 rings (SSSR count). The molecule has 0 bridgehead atoms. The maximum absolute atomic E-state index is 13.7. The van der Waals surface area contributed by atoms with Gasteiger partial charge in [0.1, 0.15) is 0 Å². The Hall–Kier alpha value is -2.94. The summed E-state index contributed by atoms with van der Waals surface area (Å²) in [5.74, 6) is -2.43. The molecule has 1 unspecified atom stereocenters. The number of nitrogens with zero attached hydrogens (tertiary/aromatic N) is 3. The summed E-state index contributed by atoms with van der Waals surface area (Å²) >= 11 is 0. The van der Waals surface area contributed by atoms with Crippen LogP contribution in [0.15, 0.2) is 36.4 Å². The van der Waals surface area contributed by atoms with Crippen LogP contribution < -0.4 is 0 Å². The molecule has 2 aliphatic heterocycles. The van der Waals surface area contributed by atoms with E-state index in [1.165, 1.54) is 17.0 Å². The molecule has 1 amide bonds. The molecule has 2 aromatic rings. The smallest absolute Gasteiger partial charge is 0.416 e. The van der Waals surface area contributed by atoms with E-state index >= 15 is 0 Å². The van der Waals surface area contributed by atoms with Crippen LogP contribution in [0.5, 0.6) is 5.75 Å². The number of hydrogen-bond donors (Lipinski definition) is 1. The number of morpholine rings is 1. The van der Waals surface area contributed by atoms with Gasteiger partial charge in [-0.15, -0.1) is 0 Å². The number of rotatable bonds is 8. The van der Waals surface area contributed by atoms with Gasteiger partial charge in [0.15, 0.2) is 11.6 Å². The number of alkyl halides is 6. The normalized spacial score (nSPS) is 21.1. The Morgan fingerprint density at radius 1 is 0.952 bits per heavy atom. The number of methoxy groups -OCH3 is 1. The molecule has 2 aliphatic rings. The maximum Gasteiger partial charge on any atom is 0.416 e. The number of piperazine rings is 1. The lowest BCUT2D eigenvalue weighted by molar-refractivity contribution is -0.143. The van der Waals surface area contributed by atoms with E-state index in [4.69, 9.17) is 9.47 Å². The number of carbonyl (C=O) groups is 1. The number of carbonyl (C=O) groups excluding carboxylic acids is 1. The first-order chi connectivity index (χ1) is 19.7. The predicted molar refractivity (Wildman–Crippen MR) is 138 cm³/mol. The molecule has 232 valence electrons. The van der Waals surface area contributed by atoms with E-state index in [9.17, 15) is 40.6 Å². The zero-order valence-electron chi connectivity index (χ0n) is 22.8. The Labute approximate surface area is 238 Å². The lowest BCUT2D eigenvalue weighted by Gasteiger charge is -2.43. The molecule has 1 N–H and O–H groups in total. The topological polar surface area (TPSA) is 65.5 Å². The van der Waals surface area contributed by atoms with Crippen molar-refractivity contribution in [1.29, 1.82) is 0 Å². The number of ether oxygens (including phenoxy) is 2. The first-order valence-electron chi connectivity index (χ1n) is 13.4. The van der Waals surface area contributed by atoms with Crippen molar-refractivity contribution < 1.29 is 50.1 Å². The Morgan fingerprint density at radius 3 is 2.19 bits per heavy atom. The average molecular weight is 608 g/mol. The number of benzene rings is 2. The molecule has 0 spiro atoms. The highest BCUT2D eigenvalue weighted by Gasteiger charge is 2.39. The number of hydrogen-bond acceptors (Lipinski definition) is 6. The summed E-state index contributed by atoms with van der Waals surface area (Å²) < 4.78 is 105. The highest BCUT2D eigenvalue weighted by atomic mass is 19.4. The van der Waals surface area contributed by atoms with Crippen molar-refractivity contribution in [1.82, 2.24) is 14.7 Å². The summed E-state index contributed by atoms with van der Waals surface area (Å²) in [4.78, 5) is 19.0. The van der Waals surface area contributed by atoms with Gasteiger partial charge in [-0.05, 0) is 42.3 Å². The minimum absolute atomic E-state index is 0.0175. The van der Waals surface area contributed by atoms with Crippen molar-refractivity contribution in [3.63, 3.8) is 0 Å². The third kappa shape index (κ3) is 8.12. The zero-order valence-corrected chi connectivity index (χ0v) is 22.8. The molecule has 2 atom stereocenters. The van der Waals surface area contributed by atoms with Gasteiger partial charge in [0.25, 0.3) is 5.91 Å². The van der Waals surface area contributed by atoms with Gasteiger partial charge < -0.3 is 19.5 Å². The van der Waals surface area contributed by atoms with E-state index < -0.39 is 52.6 Å². The second-order valence-electron chi connectivity index (χ2n) is 10.5. The molecular weight excluding hydrogens is 575 g/mol. The number of phenols is 1. The monoisotopic (exact) mass is 607 g/mol. The molecule has 2 heterocycles. The highest BCUT2D eigenvalue weighted by molar-refractivity contribution is 5.95. The van der Waals surface area contributed by atoms with E-state index in [1.807, 2.05) is 0 Å². The molecule has 42 heavy (non-hydrogen) atoms. The van der Waals surface area contributed by atoms with Crippen LogP contribution in [0.25, 0.3) is 0 Å². The van der Waals surface area contributed by atoms with Crippen LogP contribution in [0, 0.1) is 5.82 Å². The Bertz CT molecular complexity index is 1210. The first kappa shape index (κ1) is 32.0. The number of aromatic hydroxyl groups is 1. The molecule has 0 radical (unpaired) electrons. The molecule has 2 fully saturated rings. The van der Waals surface area contributed by atoms with Gasteiger partial charge in [-0.3, -0.25) is 14.6 Å². The van der Waals surface area contributed by atoms with E-state index in [1.54, 1.807) is 7.11 Å². The van der Waals surface area contributed by atoms with E-state index in [0.29, 0.717) is 63.6 Å². The minimum atomic E-state index is -5.10. The number of amides is 1. The van der Waals surface area contributed by atoms with Gasteiger partial charge in [-0.25, -0.2) is 4.39 Å². The van der Waals surface area contributed by atoms with E-state index in [-0.39, 0.29) is 31.7 Å². The van der Waals surface area contributed by atoms with Crippen molar-refractivity contribution in [2.75, 3.05) is 66.1 Å². The Morgan fingerprint density at radius 2 is 1.60 bits per heavy atom. The average Bonchev–Trinajstić information content (AvgIpc) is 2.93. The van der Waals surface area contributed by atoms with Crippen LogP contribution in [0.1, 0.15) is 27.0 Å². The molecule has 2 aromatic carbocycles. The predicted octanol–water partition coefficient (Wildman–Crippen LogP) is 4.29. The van der Waals surface area contributed by atoms with Crippen molar-refractivity contribution in [3.8, 4) is 5.75 Å². The van der Waals surface area contributed by atoms with Gasteiger partial charge in [-0.2, -0.15) is 26.3 Å². The lowest BCUT2D eigenvalue weighted by Crippen LogP contribution is -2.57. The number of halogens is 7. The van der Waals surface area contributed by atoms with Gasteiger partial charge in [0, 0.05) is 64.5 Å². The SMILES string of the molecule is COC[C@@H]1CN(CCN2CCN(C(=O)c3cc(C(F)(F)F)cc(C(F)(F)F)c3)C(Cc3ccc(F)c(O)c3)C2)CCO1. The van der Waals surface area contributed by atoms with Crippen LogP contribution in [0.2, 0.25) is 0 Å². The third-order valence-corrected chi connectivity index (χ3v) is 7.45. The van der Waals surface area contributed by atoms with Crippen LogP contribution in [-0.4, -0.2) is 104 Å². The van der Waals surface area contributed by atoms with Crippen LogP contribution >= 0.6 is 0 Å². The quantitative estimate of drug-likeness (QED) is 0.452. The van der Waals surface area contributed by atoms with Gasteiger partial charge in [0.05, 0.1) is 30.4 Å². The van der Waals surface area contributed by atoms with Crippen LogP contribution in [0.4, 0.5) is 30.7 Å². The van der Waals surface area contributed by atoms with Crippen molar-refractivity contribution in [2.45, 2.75) is 30.9 Å². The summed E-state index contributed by atoms with van der Waals surface area (Å²) in [6, 6.07) is 3.81.